The molecule has 1 atom stereocenters. The molecule has 6 nitrogen and oxygen atoms in total. The lowest BCUT2D eigenvalue weighted by Gasteiger charge is -2.24. The zero-order chi connectivity index (χ0) is 18.1. The first-order chi connectivity index (χ1) is 11.7. The number of sulfone groups is 1. The molecule has 1 aliphatic rings. The minimum Gasteiger partial charge on any atom is -0.453 e. The number of rotatable bonds is 6. The average molecular weight is 402 g/mol. The highest BCUT2D eigenvalue weighted by molar-refractivity contribution is 7.99. The Morgan fingerprint density at radius 1 is 1.20 bits per heavy atom. The highest BCUT2D eigenvalue weighted by Crippen LogP contribution is 2.30. The summed E-state index contributed by atoms with van der Waals surface area (Å²) in [5.74, 6) is 0.386. The Hall–Kier alpha value is -1.29. The number of nitrogens with zero attached hydrogens (tertiary/aromatic N) is 1. The molecule has 9 heteroatoms. The standard InChI is InChI=1S/C16H19NO5S3/c1-24(18,19)17(13-9-10-25(20,21)12-13)11-14-7-8-16(22-14)23-15-5-3-2-4-6-15/h2-8,13H,9-12H2,1H3/t13-/m0/s1. The number of hydrogen-bond acceptors (Lipinski definition) is 6. The van der Waals surface area contributed by atoms with Gasteiger partial charge in [-0.05, 0) is 30.7 Å². The van der Waals surface area contributed by atoms with E-state index in [9.17, 15) is 16.8 Å². The molecule has 1 saturated heterocycles. The van der Waals surface area contributed by atoms with Gasteiger partial charge in [-0.25, -0.2) is 16.8 Å². The highest BCUT2D eigenvalue weighted by atomic mass is 32.2. The second kappa shape index (κ2) is 7.14. The summed E-state index contributed by atoms with van der Waals surface area (Å²) in [4.78, 5) is 1.02. The molecule has 0 saturated carbocycles. The van der Waals surface area contributed by atoms with Crippen molar-refractivity contribution in [3.63, 3.8) is 0 Å². The summed E-state index contributed by atoms with van der Waals surface area (Å²) in [6, 6.07) is 12.7. The molecular weight excluding hydrogens is 382 g/mol. The Balaban J connectivity index is 1.75. The van der Waals surface area contributed by atoms with E-state index < -0.39 is 25.9 Å². The quantitative estimate of drug-likeness (QED) is 0.739. The van der Waals surface area contributed by atoms with Gasteiger partial charge in [-0.3, -0.25) is 0 Å². The van der Waals surface area contributed by atoms with E-state index in [1.54, 1.807) is 12.1 Å². The van der Waals surface area contributed by atoms with Crippen LogP contribution in [0.15, 0.2) is 56.9 Å². The largest absolute Gasteiger partial charge is 0.453 e. The fourth-order valence-electron chi connectivity index (χ4n) is 2.78. The van der Waals surface area contributed by atoms with Crippen LogP contribution >= 0.6 is 11.8 Å². The van der Waals surface area contributed by atoms with E-state index in [0.29, 0.717) is 17.3 Å². The van der Waals surface area contributed by atoms with Crippen LogP contribution in [0.2, 0.25) is 0 Å². The Morgan fingerprint density at radius 2 is 1.92 bits per heavy atom. The predicted octanol–water partition coefficient (Wildman–Crippen LogP) is 2.38. The summed E-state index contributed by atoms with van der Waals surface area (Å²) in [5, 5.41) is 0.661. The number of hydrogen-bond donors (Lipinski definition) is 0. The average Bonchev–Trinajstić information content (AvgIpc) is 3.11. The molecule has 1 aromatic heterocycles. The van der Waals surface area contributed by atoms with Gasteiger partial charge in [-0.1, -0.05) is 30.0 Å². The van der Waals surface area contributed by atoms with Crippen LogP contribution in [0.4, 0.5) is 0 Å². The van der Waals surface area contributed by atoms with Crippen molar-refractivity contribution >= 4 is 31.6 Å². The molecule has 0 bridgehead atoms. The summed E-state index contributed by atoms with van der Waals surface area (Å²) >= 11 is 1.44. The van der Waals surface area contributed by atoms with E-state index in [1.807, 2.05) is 30.3 Å². The van der Waals surface area contributed by atoms with E-state index >= 15 is 0 Å². The third-order valence-corrected chi connectivity index (χ3v) is 7.91. The van der Waals surface area contributed by atoms with Gasteiger partial charge in [-0.15, -0.1) is 0 Å². The third-order valence-electron chi connectivity index (χ3n) is 3.95. The van der Waals surface area contributed by atoms with Gasteiger partial charge >= 0.3 is 0 Å². The fourth-order valence-corrected chi connectivity index (χ4v) is 6.49. The summed E-state index contributed by atoms with van der Waals surface area (Å²) in [7, 11) is -6.71. The van der Waals surface area contributed by atoms with Crippen molar-refractivity contribution in [3.8, 4) is 0 Å². The molecule has 0 unspecified atom stereocenters. The minimum absolute atomic E-state index is 0.0248. The molecule has 1 aromatic carbocycles. The smallest absolute Gasteiger partial charge is 0.211 e. The van der Waals surface area contributed by atoms with Crippen LogP contribution in [0.25, 0.3) is 0 Å². The maximum atomic E-state index is 12.1. The minimum atomic E-state index is -3.54. The van der Waals surface area contributed by atoms with E-state index in [1.165, 1.54) is 16.1 Å². The predicted molar refractivity (Wildman–Crippen MR) is 96.7 cm³/mol. The van der Waals surface area contributed by atoms with E-state index in [4.69, 9.17) is 4.42 Å². The second-order valence-corrected chi connectivity index (χ2v) is 11.2. The van der Waals surface area contributed by atoms with Crippen molar-refractivity contribution in [2.75, 3.05) is 17.8 Å². The van der Waals surface area contributed by atoms with Gasteiger partial charge < -0.3 is 4.42 Å². The SMILES string of the molecule is CS(=O)(=O)N(Cc1ccc(Sc2ccccc2)o1)[C@H]1CCS(=O)(=O)C1. The first kappa shape index (κ1) is 18.5. The Morgan fingerprint density at radius 3 is 2.52 bits per heavy atom. The Bertz CT molecular complexity index is 935. The summed E-state index contributed by atoms with van der Waals surface area (Å²) in [6.07, 6.45) is 1.42. The summed E-state index contributed by atoms with van der Waals surface area (Å²) in [5.41, 5.74) is 0. The van der Waals surface area contributed by atoms with Crippen molar-refractivity contribution in [3.05, 3.63) is 48.2 Å². The maximum absolute atomic E-state index is 12.1. The summed E-state index contributed by atoms with van der Waals surface area (Å²) in [6.45, 7) is 0.0361. The van der Waals surface area contributed by atoms with Gasteiger partial charge in [-0.2, -0.15) is 4.31 Å². The van der Waals surface area contributed by atoms with Gasteiger partial charge in [0.25, 0.3) is 0 Å². The molecule has 0 aliphatic carbocycles. The number of furan rings is 1. The molecule has 136 valence electrons. The molecule has 0 radical (unpaired) electrons. The molecule has 0 amide bonds. The molecular formula is C16H19NO5S3. The van der Waals surface area contributed by atoms with Gasteiger partial charge in [0.15, 0.2) is 14.9 Å². The van der Waals surface area contributed by atoms with Crippen LogP contribution < -0.4 is 0 Å². The van der Waals surface area contributed by atoms with Crippen LogP contribution in [0.3, 0.4) is 0 Å². The van der Waals surface area contributed by atoms with E-state index in [-0.39, 0.29) is 18.1 Å². The fraction of sp³-hybridized carbons (Fsp3) is 0.375. The van der Waals surface area contributed by atoms with Crippen molar-refractivity contribution in [2.45, 2.75) is 29.0 Å². The molecule has 1 fully saturated rings. The lowest BCUT2D eigenvalue weighted by molar-refractivity contribution is 0.297. The number of sulfonamides is 1. The van der Waals surface area contributed by atoms with Gasteiger partial charge in [0.1, 0.15) is 5.76 Å². The molecule has 1 aliphatic heterocycles. The van der Waals surface area contributed by atoms with Crippen LogP contribution in [-0.2, 0) is 26.4 Å². The Labute approximate surface area is 152 Å². The lowest BCUT2D eigenvalue weighted by atomic mass is 10.2. The lowest BCUT2D eigenvalue weighted by Crippen LogP contribution is -2.39. The third kappa shape index (κ3) is 4.87. The van der Waals surface area contributed by atoms with Crippen LogP contribution in [0.1, 0.15) is 12.2 Å². The highest BCUT2D eigenvalue weighted by Gasteiger charge is 2.36. The molecule has 2 heterocycles. The van der Waals surface area contributed by atoms with E-state index in [0.717, 1.165) is 11.2 Å². The van der Waals surface area contributed by atoms with E-state index in [2.05, 4.69) is 0 Å². The molecule has 2 aromatic rings. The molecule has 0 N–H and O–H groups in total. The topological polar surface area (TPSA) is 84.7 Å². The van der Waals surface area contributed by atoms with Gasteiger partial charge in [0.2, 0.25) is 10.0 Å². The van der Waals surface area contributed by atoms with Crippen molar-refractivity contribution < 1.29 is 21.3 Å². The van der Waals surface area contributed by atoms with Gasteiger partial charge in [0, 0.05) is 10.9 Å². The Kier molecular flexibility index (Phi) is 5.29. The van der Waals surface area contributed by atoms with Crippen molar-refractivity contribution in [1.29, 1.82) is 0 Å². The second-order valence-electron chi connectivity index (χ2n) is 6.00. The van der Waals surface area contributed by atoms with Crippen molar-refractivity contribution in [1.82, 2.24) is 4.31 Å². The number of benzene rings is 1. The molecule has 25 heavy (non-hydrogen) atoms. The van der Waals surface area contributed by atoms with Crippen LogP contribution in [0.5, 0.6) is 0 Å². The first-order valence-electron chi connectivity index (χ1n) is 7.72. The monoisotopic (exact) mass is 401 g/mol. The normalized spacial score (nSPS) is 20.2. The van der Waals surface area contributed by atoms with Crippen molar-refractivity contribution in [2.24, 2.45) is 0 Å². The maximum Gasteiger partial charge on any atom is 0.211 e. The molecule has 3 rings (SSSR count). The van der Waals surface area contributed by atoms with Gasteiger partial charge in [0.05, 0.1) is 24.3 Å². The van der Waals surface area contributed by atoms with Crippen LogP contribution in [-0.4, -0.2) is 44.9 Å². The first-order valence-corrected chi connectivity index (χ1v) is 12.2. The zero-order valence-corrected chi connectivity index (χ0v) is 16.1. The molecule has 0 spiro atoms. The van der Waals surface area contributed by atoms with Crippen LogP contribution in [0, 0.1) is 0 Å². The zero-order valence-electron chi connectivity index (χ0n) is 13.7. The summed E-state index contributed by atoms with van der Waals surface area (Å²) < 4.78 is 54.6.